The van der Waals surface area contributed by atoms with E-state index >= 15 is 0 Å². The van der Waals surface area contributed by atoms with Crippen LogP contribution in [0.15, 0.2) is 12.2 Å². The molecule has 0 radical (unpaired) electrons. The van der Waals surface area contributed by atoms with E-state index in [1.165, 1.54) is 0 Å². The monoisotopic (exact) mass is 182 g/mol. The Morgan fingerprint density at radius 1 is 1.62 bits per heavy atom. The van der Waals surface area contributed by atoms with E-state index in [-0.39, 0.29) is 5.92 Å². The van der Waals surface area contributed by atoms with Crippen LogP contribution < -0.4 is 0 Å². The molecular weight excluding hydrogens is 168 g/mol. The Bertz CT molecular complexity index is 269. The molecule has 2 aliphatic rings. The lowest BCUT2D eigenvalue weighted by molar-refractivity contribution is -0.158. The predicted molar refractivity (Wildman–Crippen MR) is 47.1 cm³/mol. The van der Waals surface area contributed by atoms with Crippen LogP contribution in [-0.2, 0) is 4.79 Å². The molecule has 0 aromatic rings. The number of hydrogen-bond donors (Lipinski definition) is 2. The van der Waals surface area contributed by atoms with E-state index in [0.717, 1.165) is 6.42 Å². The second kappa shape index (κ2) is 2.58. The van der Waals surface area contributed by atoms with Gasteiger partial charge in [-0.25, -0.2) is 0 Å². The SMILES string of the molecule is CC(O)C1(C(=O)O)CC2C=CC1C2. The molecule has 0 aromatic heterocycles. The van der Waals surface area contributed by atoms with Crippen molar-refractivity contribution in [2.75, 3.05) is 0 Å². The first kappa shape index (κ1) is 8.75. The second-order valence-corrected chi connectivity index (χ2v) is 4.21. The fourth-order valence-corrected chi connectivity index (χ4v) is 2.80. The van der Waals surface area contributed by atoms with Crippen LogP contribution in [-0.4, -0.2) is 22.3 Å². The molecule has 0 aromatic carbocycles. The fraction of sp³-hybridized carbons (Fsp3) is 0.700. The molecule has 4 unspecified atom stereocenters. The molecule has 1 fully saturated rings. The number of allylic oxidation sites excluding steroid dienone is 2. The molecule has 72 valence electrons. The van der Waals surface area contributed by atoms with Gasteiger partial charge in [-0.1, -0.05) is 12.2 Å². The lowest BCUT2D eigenvalue weighted by Gasteiger charge is -2.33. The van der Waals surface area contributed by atoms with Gasteiger partial charge < -0.3 is 10.2 Å². The van der Waals surface area contributed by atoms with Crippen molar-refractivity contribution in [3.8, 4) is 0 Å². The van der Waals surface area contributed by atoms with Crippen LogP contribution in [0.25, 0.3) is 0 Å². The van der Waals surface area contributed by atoms with Crippen molar-refractivity contribution in [1.82, 2.24) is 0 Å². The molecule has 3 heteroatoms. The zero-order valence-corrected chi connectivity index (χ0v) is 7.60. The molecule has 0 amide bonds. The van der Waals surface area contributed by atoms with Crippen LogP contribution in [0.5, 0.6) is 0 Å². The number of carbonyl (C=O) groups is 1. The zero-order valence-electron chi connectivity index (χ0n) is 7.60. The van der Waals surface area contributed by atoms with Gasteiger partial charge in [-0.3, -0.25) is 4.79 Å². The summed E-state index contributed by atoms with van der Waals surface area (Å²) in [6.45, 7) is 1.59. The first-order valence-electron chi connectivity index (χ1n) is 4.67. The highest BCUT2D eigenvalue weighted by Gasteiger charge is 2.56. The number of fused-ring (bicyclic) bond motifs is 2. The first-order chi connectivity index (χ1) is 6.07. The van der Waals surface area contributed by atoms with Gasteiger partial charge in [-0.2, -0.15) is 0 Å². The van der Waals surface area contributed by atoms with Crippen molar-refractivity contribution in [3.63, 3.8) is 0 Å². The minimum atomic E-state index is -0.903. The van der Waals surface area contributed by atoms with Crippen molar-refractivity contribution in [2.45, 2.75) is 25.9 Å². The molecule has 0 spiro atoms. The predicted octanol–water partition coefficient (Wildman–Crippen LogP) is 1.03. The summed E-state index contributed by atoms with van der Waals surface area (Å²) in [5.41, 5.74) is -0.903. The highest BCUT2D eigenvalue weighted by Crippen LogP contribution is 2.54. The molecule has 2 N–H and O–H groups in total. The van der Waals surface area contributed by atoms with Gasteiger partial charge in [0.15, 0.2) is 0 Å². The average molecular weight is 182 g/mol. The summed E-state index contributed by atoms with van der Waals surface area (Å²) in [6.07, 6.45) is 4.77. The zero-order chi connectivity index (χ0) is 9.64. The topological polar surface area (TPSA) is 57.5 Å². The summed E-state index contributed by atoms with van der Waals surface area (Å²) in [4.78, 5) is 11.2. The molecule has 13 heavy (non-hydrogen) atoms. The number of rotatable bonds is 2. The molecule has 2 aliphatic carbocycles. The van der Waals surface area contributed by atoms with Crippen molar-refractivity contribution in [3.05, 3.63) is 12.2 Å². The van der Waals surface area contributed by atoms with E-state index in [9.17, 15) is 9.90 Å². The van der Waals surface area contributed by atoms with E-state index in [2.05, 4.69) is 6.08 Å². The Hall–Kier alpha value is -0.830. The summed E-state index contributed by atoms with van der Waals surface area (Å²) < 4.78 is 0. The van der Waals surface area contributed by atoms with Gasteiger partial charge in [0.2, 0.25) is 0 Å². The molecular formula is C10H14O3. The maximum Gasteiger partial charge on any atom is 0.312 e. The highest BCUT2D eigenvalue weighted by molar-refractivity contribution is 5.77. The van der Waals surface area contributed by atoms with Crippen LogP contribution in [0.3, 0.4) is 0 Å². The highest BCUT2D eigenvalue weighted by atomic mass is 16.4. The minimum Gasteiger partial charge on any atom is -0.481 e. The van der Waals surface area contributed by atoms with Crippen LogP contribution >= 0.6 is 0 Å². The quantitative estimate of drug-likeness (QED) is 0.627. The Labute approximate surface area is 77.1 Å². The van der Waals surface area contributed by atoms with Gasteiger partial charge in [0.25, 0.3) is 0 Å². The van der Waals surface area contributed by atoms with Gasteiger partial charge in [0.05, 0.1) is 6.10 Å². The molecule has 0 saturated heterocycles. The first-order valence-corrected chi connectivity index (χ1v) is 4.67. The Morgan fingerprint density at radius 3 is 2.54 bits per heavy atom. The number of aliphatic carboxylic acids is 1. The minimum absolute atomic E-state index is 0.0370. The van der Waals surface area contributed by atoms with E-state index in [0.29, 0.717) is 12.3 Å². The van der Waals surface area contributed by atoms with E-state index in [1.54, 1.807) is 6.92 Å². The molecule has 4 atom stereocenters. The fourth-order valence-electron chi connectivity index (χ4n) is 2.80. The number of hydrogen-bond acceptors (Lipinski definition) is 2. The molecule has 0 heterocycles. The number of aliphatic hydroxyl groups is 1. The Kier molecular flexibility index (Phi) is 1.74. The lowest BCUT2D eigenvalue weighted by atomic mass is 9.72. The Balaban J connectivity index is 2.36. The van der Waals surface area contributed by atoms with E-state index in [1.807, 2.05) is 6.08 Å². The Morgan fingerprint density at radius 2 is 2.31 bits per heavy atom. The normalized spacial score (nSPS) is 43.8. The summed E-state index contributed by atoms with van der Waals surface area (Å²) >= 11 is 0. The van der Waals surface area contributed by atoms with Gasteiger partial charge in [-0.15, -0.1) is 0 Å². The van der Waals surface area contributed by atoms with Crippen LogP contribution in [0, 0.1) is 17.3 Å². The third kappa shape index (κ3) is 0.967. The van der Waals surface area contributed by atoms with Crippen molar-refractivity contribution in [2.24, 2.45) is 17.3 Å². The molecule has 1 saturated carbocycles. The maximum absolute atomic E-state index is 11.2. The smallest absolute Gasteiger partial charge is 0.312 e. The molecule has 2 rings (SSSR count). The summed E-state index contributed by atoms with van der Waals surface area (Å²) in [7, 11) is 0. The largest absolute Gasteiger partial charge is 0.481 e. The van der Waals surface area contributed by atoms with Crippen LogP contribution in [0.2, 0.25) is 0 Å². The maximum atomic E-state index is 11.2. The summed E-state index contributed by atoms with van der Waals surface area (Å²) in [6, 6.07) is 0. The third-order valence-corrected chi connectivity index (χ3v) is 3.58. The number of carboxylic acids is 1. The molecule has 3 nitrogen and oxygen atoms in total. The van der Waals surface area contributed by atoms with E-state index in [4.69, 9.17) is 5.11 Å². The van der Waals surface area contributed by atoms with Crippen molar-refractivity contribution < 1.29 is 15.0 Å². The molecule has 2 bridgehead atoms. The second-order valence-electron chi connectivity index (χ2n) is 4.21. The van der Waals surface area contributed by atoms with Gasteiger partial charge >= 0.3 is 5.97 Å². The van der Waals surface area contributed by atoms with Gasteiger partial charge in [0, 0.05) is 0 Å². The van der Waals surface area contributed by atoms with E-state index < -0.39 is 17.5 Å². The summed E-state index contributed by atoms with van der Waals surface area (Å²) in [5, 5.41) is 18.7. The standard InChI is InChI=1S/C10H14O3/c1-6(11)10(9(12)13)5-7-2-3-8(10)4-7/h2-3,6-8,11H,4-5H2,1H3,(H,12,13). The number of aliphatic hydroxyl groups excluding tert-OH is 1. The van der Waals surface area contributed by atoms with Gasteiger partial charge in [-0.05, 0) is 31.6 Å². The van der Waals surface area contributed by atoms with Crippen molar-refractivity contribution >= 4 is 5.97 Å². The lowest BCUT2D eigenvalue weighted by Crippen LogP contribution is -2.44. The van der Waals surface area contributed by atoms with Gasteiger partial charge in [0.1, 0.15) is 5.41 Å². The third-order valence-electron chi connectivity index (χ3n) is 3.58. The van der Waals surface area contributed by atoms with Crippen LogP contribution in [0.1, 0.15) is 19.8 Å². The van der Waals surface area contributed by atoms with Crippen molar-refractivity contribution in [1.29, 1.82) is 0 Å². The summed E-state index contributed by atoms with van der Waals surface area (Å²) in [5.74, 6) is -0.440. The van der Waals surface area contributed by atoms with Crippen LogP contribution in [0.4, 0.5) is 0 Å². The molecule has 0 aliphatic heterocycles. The average Bonchev–Trinajstić information content (AvgIpc) is 2.61. The number of carboxylic acid groups (broad SMARTS) is 1.